The number of H-pyrrole nitrogens is 1. The van der Waals surface area contributed by atoms with Gasteiger partial charge in [0.15, 0.2) is 23.9 Å². The number of benzene rings is 1. The van der Waals surface area contributed by atoms with Gasteiger partial charge in [0.25, 0.3) is 0 Å². The molecule has 3 N–H and O–H groups in total. The van der Waals surface area contributed by atoms with Gasteiger partial charge in [0.2, 0.25) is 0 Å². The molecule has 3 heteroatoms. The summed E-state index contributed by atoms with van der Waals surface area (Å²) in [5.41, 5.74) is 0. The van der Waals surface area contributed by atoms with Crippen LogP contribution in [0.5, 0.6) is 11.5 Å². The Morgan fingerprint density at radius 2 is 1.92 bits per heavy atom. The number of hydrogen-bond acceptors (Lipinski definition) is 2. The zero-order valence-corrected chi connectivity index (χ0v) is 6.28. The van der Waals surface area contributed by atoms with Gasteiger partial charge in [-0.25, -0.2) is 4.98 Å². The number of aromatic amines is 1. The molecule has 2 rings (SSSR count). The molecule has 60 valence electrons. The smallest absolute Gasteiger partial charge is 0.175 e. The van der Waals surface area contributed by atoms with Gasteiger partial charge in [0.1, 0.15) is 0 Å². The van der Waals surface area contributed by atoms with Crippen molar-refractivity contribution in [1.82, 2.24) is 0 Å². The maximum Gasteiger partial charge on any atom is 0.175 e. The van der Waals surface area contributed by atoms with E-state index in [1.165, 1.54) is 6.07 Å². The summed E-state index contributed by atoms with van der Waals surface area (Å²) in [7, 11) is 0. The molecule has 1 aromatic carbocycles. The number of nitrogens with one attached hydrogen (secondary N) is 1. The van der Waals surface area contributed by atoms with Crippen LogP contribution >= 0.6 is 0 Å². The Morgan fingerprint density at radius 3 is 2.75 bits per heavy atom. The lowest BCUT2D eigenvalue weighted by atomic mass is 10.1. The van der Waals surface area contributed by atoms with E-state index in [9.17, 15) is 5.11 Å². The standard InChI is InChI=1S/C9H7NO2/c11-8-2-1-6-5-10-4-3-7(6)9(8)12/h1-5,11-12H/p+1. The molecule has 0 radical (unpaired) electrons. The molecule has 1 aromatic heterocycles. The van der Waals surface area contributed by atoms with E-state index < -0.39 is 0 Å². The second-order valence-electron chi connectivity index (χ2n) is 2.58. The van der Waals surface area contributed by atoms with E-state index in [1.54, 1.807) is 24.5 Å². The number of pyridine rings is 1. The van der Waals surface area contributed by atoms with Crippen molar-refractivity contribution in [2.45, 2.75) is 0 Å². The topological polar surface area (TPSA) is 54.6 Å². The van der Waals surface area contributed by atoms with Crippen LogP contribution in [-0.4, -0.2) is 10.2 Å². The average molecular weight is 162 g/mol. The van der Waals surface area contributed by atoms with Crippen molar-refractivity contribution in [3.05, 3.63) is 30.6 Å². The van der Waals surface area contributed by atoms with Gasteiger partial charge in [-0.1, -0.05) is 0 Å². The van der Waals surface area contributed by atoms with Gasteiger partial charge in [-0.2, -0.15) is 0 Å². The van der Waals surface area contributed by atoms with E-state index >= 15 is 0 Å². The molecule has 2 aromatic rings. The molecule has 0 atom stereocenters. The van der Waals surface area contributed by atoms with Gasteiger partial charge in [0.05, 0.1) is 0 Å². The monoisotopic (exact) mass is 162 g/mol. The van der Waals surface area contributed by atoms with E-state index in [4.69, 9.17) is 5.11 Å². The van der Waals surface area contributed by atoms with E-state index in [2.05, 4.69) is 4.98 Å². The largest absolute Gasteiger partial charge is 0.504 e. The van der Waals surface area contributed by atoms with Crippen LogP contribution in [-0.2, 0) is 0 Å². The Labute approximate surface area is 68.9 Å². The number of fused-ring (bicyclic) bond motifs is 1. The highest BCUT2D eigenvalue weighted by Crippen LogP contribution is 2.31. The first-order chi connectivity index (χ1) is 5.79. The number of rotatable bonds is 0. The average Bonchev–Trinajstić information content (AvgIpc) is 2.12. The first-order valence-corrected chi connectivity index (χ1v) is 3.60. The molecule has 0 aliphatic rings. The molecule has 0 saturated heterocycles. The molecule has 1 heterocycles. The van der Waals surface area contributed by atoms with Gasteiger partial charge < -0.3 is 10.2 Å². The Kier molecular flexibility index (Phi) is 1.37. The van der Waals surface area contributed by atoms with Crippen molar-refractivity contribution in [3.8, 4) is 11.5 Å². The van der Waals surface area contributed by atoms with Gasteiger partial charge >= 0.3 is 0 Å². The number of aromatic hydroxyl groups is 2. The molecule has 0 unspecified atom stereocenters. The zero-order chi connectivity index (χ0) is 8.55. The summed E-state index contributed by atoms with van der Waals surface area (Å²) in [4.78, 5) is 2.89. The summed E-state index contributed by atoms with van der Waals surface area (Å²) in [6.07, 6.45) is 3.45. The zero-order valence-electron chi connectivity index (χ0n) is 6.28. The van der Waals surface area contributed by atoms with Gasteiger partial charge in [-0.05, 0) is 12.1 Å². The lowest BCUT2D eigenvalue weighted by Gasteiger charge is -1.99. The highest BCUT2D eigenvalue weighted by Gasteiger charge is 2.05. The molecule has 0 spiro atoms. The molecule has 0 aliphatic carbocycles. The molecule has 3 nitrogen and oxygen atoms in total. The number of phenols is 2. The molecular weight excluding hydrogens is 154 g/mol. The van der Waals surface area contributed by atoms with Crippen molar-refractivity contribution < 1.29 is 15.2 Å². The third-order valence-corrected chi connectivity index (χ3v) is 1.81. The normalized spacial score (nSPS) is 10.3. The fourth-order valence-electron chi connectivity index (χ4n) is 1.18. The highest BCUT2D eigenvalue weighted by atomic mass is 16.3. The van der Waals surface area contributed by atoms with Crippen LogP contribution in [0.25, 0.3) is 10.8 Å². The molecule has 0 bridgehead atoms. The van der Waals surface area contributed by atoms with Crippen LogP contribution in [0.2, 0.25) is 0 Å². The minimum Gasteiger partial charge on any atom is -0.504 e. The predicted octanol–water partition coefficient (Wildman–Crippen LogP) is 1.07. The number of aromatic nitrogens is 1. The first kappa shape index (κ1) is 6.91. The van der Waals surface area contributed by atoms with Crippen LogP contribution in [0.15, 0.2) is 30.6 Å². The van der Waals surface area contributed by atoms with Crippen molar-refractivity contribution in [2.24, 2.45) is 0 Å². The maximum absolute atomic E-state index is 9.39. The van der Waals surface area contributed by atoms with Crippen LogP contribution in [0.4, 0.5) is 0 Å². The van der Waals surface area contributed by atoms with Crippen molar-refractivity contribution in [1.29, 1.82) is 0 Å². The van der Waals surface area contributed by atoms with Crippen molar-refractivity contribution in [3.63, 3.8) is 0 Å². The van der Waals surface area contributed by atoms with Crippen LogP contribution in [0, 0.1) is 0 Å². The molecule has 12 heavy (non-hydrogen) atoms. The van der Waals surface area contributed by atoms with E-state index in [0.717, 1.165) is 5.39 Å². The Bertz CT molecular complexity index is 426. The minimum absolute atomic E-state index is 0.0681. The Morgan fingerprint density at radius 1 is 1.08 bits per heavy atom. The molecule has 0 amide bonds. The molecule has 0 saturated carbocycles. The van der Waals surface area contributed by atoms with Crippen LogP contribution < -0.4 is 4.98 Å². The SMILES string of the molecule is Oc1ccc2c[nH+]ccc2c1O. The number of phenolic OH excluding ortho intramolecular Hbond substituents is 2. The molecule has 0 fully saturated rings. The minimum atomic E-state index is -0.0892. The van der Waals surface area contributed by atoms with Crippen molar-refractivity contribution in [2.75, 3.05) is 0 Å². The fourth-order valence-corrected chi connectivity index (χ4v) is 1.18. The highest BCUT2D eigenvalue weighted by molar-refractivity contribution is 5.88. The summed E-state index contributed by atoms with van der Waals surface area (Å²) in [6, 6.07) is 4.91. The van der Waals surface area contributed by atoms with Crippen LogP contribution in [0.3, 0.4) is 0 Å². The first-order valence-electron chi connectivity index (χ1n) is 3.60. The molecule has 0 aliphatic heterocycles. The van der Waals surface area contributed by atoms with E-state index in [1.807, 2.05) is 0 Å². The summed E-state index contributed by atoms with van der Waals surface area (Å²) >= 11 is 0. The maximum atomic E-state index is 9.39. The fraction of sp³-hybridized carbons (Fsp3) is 0. The predicted molar refractivity (Wildman–Crippen MR) is 43.8 cm³/mol. The summed E-state index contributed by atoms with van der Waals surface area (Å²) in [5, 5.41) is 20.1. The van der Waals surface area contributed by atoms with Crippen LogP contribution in [0.1, 0.15) is 0 Å². The lowest BCUT2D eigenvalue weighted by Crippen LogP contribution is -1.96. The van der Waals surface area contributed by atoms with E-state index in [-0.39, 0.29) is 11.5 Å². The Balaban J connectivity index is 2.91. The third-order valence-electron chi connectivity index (χ3n) is 1.81. The summed E-state index contributed by atoms with van der Waals surface area (Å²) in [6.45, 7) is 0. The van der Waals surface area contributed by atoms with Gasteiger partial charge in [-0.15, -0.1) is 0 Å². The third kappa shape index (κ3) is 0.871. The van der Waals surface area contributed by atoms with E-state index in [0.29, 0.717) is 5.39 Å². The molecular formula is C9H8NO2+. The second-order valence-corrected chi connectivity index (χ2v) is 2.58. The lowest BCUT2D eigenvalue weighted by molar-refractivity contribution is -0.375. The van der Waals surface area contributed by atoms with Gasteiger partial charge in [0, 0.05) is 16.8 Å². The second kappa shape index (κ2) is 2.37. The summed E-state index contributed by atoms with van der Waals surface area (Å²) in [5.74, 6) is -0.157. The Hall–Kier alpha value is -1.77. The quantitative estimate of drug-likeness (QED) is 0.569. The summed E-state index contributed by atoms with van der Waals surface area (Å²) < 4.78 is 0. The number of hydrogen-bond donors (Lipinski definition) is 2. The van der Waals surface area contributed by atoms with Gasteiger partial charge in [-0.3, -0.25) is 0 Å². The van der Waals surface area contributed by atoms with Crippen molar-refractivity contribution >= 4 is 10.8 Å².